The molecule has 0 amide bonds. The molecule has 0 saturated heterocycles. The molecule has 9 nitrogen and oxygen atoms in total. The molecule has 9 heteroatoms. The molecule has 0 radical (unpaired) electrons. The molecule has 122 valence electrons. The van der Waals surface area contributed by atoms with Crippen molar-refractivity contribution in [2.75, 3.05) is 0 Å². The molecule has 0 bridgehead atoms. The van der Waals surface area contributed by atoms with Gasteiger partial charge in [0.1, 0.15) is 0 Å². The van der Waals surface area contributed by atoms with Gasteiger partial charge in [0.05, 0.1) is 6.04 Å². The molecule has 0 aliphatic heterocycles. The first-order valence-electron chi connectivity index (χ1n) is 6.61. The number of hydrogen-bond donors (Lipinski definition) is 5. The van der Waals surface area contributed by atoms with Crippen molar-refractivity contribution in [1.82, 2.24) is 0 Å². The molecule has 21 heavy (non-hydrogen) atoms. The third-order valence-electron chi connectivity index (χ3n) is 3.05. The van der Waals surface area contributed by atoms with E-state index in [1.807, 2.05) is 0 Å². The summed E-state index contributed by atoms with van der Waals surface area (Å²) in [5.74, 6) is -3.29. The monoisotopic (exact) mass is 303 g/mol. The summed E-state index contributed by atoms with van der Waals surface area (Å²) in [5.41, 5.74) is 12.9. The average Bonchev–Trinajstić information content (AvgIpc) is 2.33. The molecule has 3 atom stereocenters. The van der Waals surface area contributed by atoms with E-state index in [2.05, 4.69) is 10.2 Å². The molecule has 1 unspecified atom stereocenters. The van der Waals surface area contributed by atoms with E-state index in [4.69, 9.17) is 22.3 Å². The van der Waals surface area contributed by atoms with Crippen molar-refractivity contribution in [3.8, 4) is 0 Å². The van der Waals surface area contributed by atoms with Crippen molar-refractivity contribution < 1.29 is 19.8 Å². The zero-order valence-electron chi connectivity index (χ0n) is 12.8. The highest BCUT2D eigenvalue weighted by atomic mass is 16.4. The Kier molecular flexibility index (Phi) is 6.40. The van der Waals surface area contributed by atoms with E-state index in [1.165, 1.54) is 0 Å². The van der Waals surface area contributed by atoms with Crippen LogP contribution in [0.2, 0.25) is 0 Å². The van der Waals surface area contributed by atoms with Crippen molar-refractivity contribution in [1.29, 1.82) is 0 Å². The van der Waals surface area contributed by atoms with E-state index >= 15 is 0 Å². The van der Waals surface area contributed by atoms with E-state index in [0.717, 1.165) is 0 Å². The maximum Gasteiger partial charge on any atom is 0.350 e. The number of nitrogens with two attached hydrogens (primary N) is 3. The van der Waals surface area contributed by atoms with Gasteiger partial charge in [0.2, 0.25) is 11.3 Å². The van der Waals surface area contributed by atoms with Crippen LogP contribution in [0.4, 0.5) is 0 Å². The first kappa shape index (κ1) is 19.4. The minimum atomic E-state index is -2.23. The van der Waals surface area contributed by atoms with E-state index in [0.29, 0.717) is 0 Å². The molecule has 0 rings (SSSR count). The van der Waals surface area contributed by atoms with Crippen LogP contribution in [0.1, 0.15) is 34.1 Å². The molecule has 0 aromatic heterocycles. The van der Waals surface area contributed by atoms with Gasteiger partial charge in [-0.25, -0.2) is 9.59 Å². The van der Waals surface area contributed by atoms with Crippen molar-refractivity contribution in [3.63, 3.8) is 0 Å². The van der Waals surface area contributed by atoms with Gasteiger partial charge in [-0.2, -0.15) is 10.2 Å². The van der Waals surface area contributed by atoms with E-state index in [-0.39, 0.29) is 18.3 Å². The van der Waals surface area contributed by atoms with Crippen LogP contribution in [0, 0.1) is 11.8 Å². The van der Waals surface area contributed by atoms with Crippen LogP contribution in [0.3, 0.4) is 0 Å². The summed E-state index contributed by atoms with van der Waals surface area (Å²) < 4.78 is 0. The minimum absolute atomic E-state index is 0.0154. The second-order valence-corrected chi connectivity index (χ2v) is 5.93. The van der Waals surface area contributed by atoms with Crippen LogP contribution in [0.15, 0.2) is 10.2 Å². The lowest BCUT2D eigenvalue weighted by Gasteiger charge is -2.30. The summed E-state index contributed by atoms with van der Waals surface area (Å²) in [4.78, 5) is 22.6. The molecule has 0 aromatic carbocycles. The SMILES string of the molecule is CC(C)C[C@](N)(/N=N/[C@](N)(C(=O)O)C(N)C(C)C)C(=O)O. The van der Waals surface area contributed by atoms with Crippen LogP contribution in [0.25, 0.3) is 0 Å². The Morgan fingerprint density at radius 2 is 1.52 bits per heavy atom. The Morgan fingerprint density at radius 1 is 1.05 bits per heavy atom. The summed E-state index contributed by atoms with van der Waals surface area (Å²) in [6.07, 6.45) is -0.0154. The fourth-order valence-corrected chi connectivity index (χ4v) is 1.73. The molecule has 0 fully saturated rings. The van der Waals surface area contributed by atoms with Crippen LogP contribution < -0.4 is 17.2 Å². The fraction of sp³-hybridized carbons (Fsp3) is 0.833. The van der Waals surface area contributed by atoms with Gasteiger partial charge in [-0.3, -0.25) is 11.5 Å². The lowest BCUT2D eigenvalue weighted by atomic mass is 9.92. The van der Waals surface area contributed by atoms with Crippen molar-refractivity contribution in [2.24, 2.45) is 39.3 Å². The zero-order chi connectivity index (χ0) is 17.0. The van der Waals surface area contributed by atoms with Crippen molar-refractivity contribution in [3.05, 3.63) is 0 Å². The number of rotatable bonds is 8. The molecule has 0 saturated carbocycles. The quantitative estimate of drug-likeness (QED) is 0.390. The third kappa shape index (κ3) is 4.73. The van der Waals surface area contributed by atoms with Crippen LogP contribution in [-0.2, 0) is 9.59 Å². The normalized spacial score (nSPS) is 19.5. The summed E-state index contributed by atoms with van der Waals surface area (Å²) >= 11 is 0. The molecular weight excluding hydrogens is 278 g/mol. The highest BCUT2D eigenvalue weighted by molar-refractivity contribution is 5.80. The summed E-state index contributed by atoms with van der Waals surface area (Å²) in [7, 11) is 0. The predicted molar refractivity (Wildman–Crippen MR) is 76.2 cm³/mol. The smallest absolute Gasteiger partial charge is 0.350 e. The second kappa shape index (κ2) is 6.92. The van der Waals surface area contributed by atoms with Crippen LogP contribution in [-0.4, -0.2) is 39.5 Å². The molecule has 8 N–H and O–H groups in total. The second-order valence-electron chi connectivity index (χ2n) is 5.93. The Labute approximate surface area is 123 Å². The van der Waals surface area contributed by atoms with Crippen LogP contribution in [0.5, 0.6) is 0 Å². The van der Waals surface area contributed by atoms with Gasteiger partial charge >= 0.3 is 11.9 Å². The minimum Gasteiger partial charge on any atom is -0.478 e. The molecule has 0 spiro atoms. The Bertz CT molecular complexity index is 426. The number of azo groups is 1. The predicted octanol–water partition coefficient (Wildman–Crippen LogP) is -0.0528. The number of hydrogen-bond acceptors (Lipinski definition) is 7. The molecule has 0 heterocycles. The Hall–Kier alpha value is -1.58. The van der Waals surface area contributed by atoms with Gasteiger partial charge in [-0.05, 0) is 11.8 Å². The van der Waals surface area contributed by atoms with Gasteiger partial charge in [0.25, 0.3) is 0 Å². The lowest BCUT2D eigenvalue weighted by molar-refractivity contribution is -0.147. The number of carboxylic acids is 2. The van der Waals surface area contributed by atoms with Crippen molar-refractivity contribution >= 4 is 11.9 Å². The molecule has 0 aliphatic carbocycles. The summed E-state index contributed by atoms with van der Waals surface area (Å²) in [6.45, 7) is 6.86. The summed E-state index contributed by atoms with van der Waals surface area (Å²) in [5, 5.41) is 25.4. The highest BCUT2D eigenvalue weighted by Crippen LogP contribution is 2.21. The van der Waals surface area contributed by atoms with Gasteiger partial charge < -0.3 is 15.9 Å². The fourth-order valence-electron chi connectivity index (χ4n) is 1.73. The standard InChI is InChI=1S/C12H25N5O4/c1-6(2)5-11(14,9(18)19)16-17-12(15,10(20)21)8(13)7(3)4/h6-8H,5,13-15H2,1-4H3,(H,18,19)(H,20,21)/b17-16+/t8?,11-,12-/m0/s1. The van der Waals surface area contributed by atoms with E-state index < -0.39 is 29.3 Å². The van der Waals surface area contributed by atoms with Gasteiger partial charge in [-0.15, -0.1) is 0 Å². The van der Waals surface area contributed by atoms with E-state index in [9.17, 15) is 14.7 Å². The Balaban J connectivity index is 5.60. The number of carboxylic acid groups (broad SMARTS) is 2. The number of nitrogens with zero attached hydrogens (tertiary/aromatic N) is 2. The molecule has 0 aromatic rings. The zero-order valence-corrected chi connectivity index (χ0v) is 12.8. The maximum atomic E-state index is 11.3. The molecular formula is C12H25N5O4. The largest absolute Gasteiger partial charge is 0.478 e. The highest BCUT2D eigenvalue weighted by Gasteiger charge is 2.44. The number of carbonyl (C=O) groups is 2. The first-order chi connectivity index (χ1) is 9.36. The third-order valence-corrected chi connectivity index (χ3v) is 3.05. The Morgan fingerprint density at radius 3 is 1.81 bits per heavy atom. The average molecular weight is 303 g/mol. The van der Waals surface area contributed by atoms with Gasteiger partial charge in [0.15, 0.2) is 0 Å². The lowest BCUT2D eigenvalue weighted by Crippen LogP contribution is -2.62. The maximum absolute atomic E-state index is 11.3. The van der Waals surface area contributed by atoms with Gasteiger partial charge in [-0.1, -0.05) is 27.7 Å². The van der Waals surface area contributed by atoms with Gasteiger partial charge in [0, 0.05) is 6.42 Å². The van der Waals surface area contributed by atoms with Crippen LogP contribution >= 0.6 is 0 Å². The first-order valence-corrected chi connectivity index (χ1v) is 6.61. The topological polar surface area (TPSA) is 177 Å². The van der Waals surface area contributed by atoms with E-state index in [1.54, 1.807) is 27.7 Å². The number of aliphatic carboxylic acids is 2. The summed E-state index contributed by atoms with van der Waals surface area (Å²) in [6, 6.07) is -1.05. The van der Waals surface area contributed by atoms with Crippen molar-refractivity contribution in [2.45, 2.75) is 51.5 Å². The molecule has 0 aliphatic rings.